The molecule has 1 aromatic heterocycles. The summed E-state index contributed by atoms with van der Waals surface area (Å²) >= 11 is 0. The number of amides is 2. The number of rotatable bonds is 5. The van der Waals surface area contributed by atoms with E-state index in [4.69, 9.17) is 0 Å². The molecule has 0 saturated heterocycles. The van der Waals surface area contributed by atoms with Crippen LogP contribution in [-0.2, 0) is 11.3 Å². The molecule has 0 radical (unpaired) electrons. The van der Waals surface area contributed by atoms with Crippen LogP contribution >= 0.6 is 0 Å². The zero-order chi connectivity index (χ0) is 18.5. The second-order valence-corrected chi connectivity index (χ2v) is 5.99. The predicted octanol–water partition coefficient (Wildman–Crippen LogP) is 3.07. The molecule has 2 aromatic carbocycles. The highest BCUT2D eigenvalue weighted by molar-refractivity contribution is 5.97. The van der Waals surface area contributed by atoms with Gasteiger partial charge in [-0.15, -0.1) is 0 Å². The highest BCUT2D eigenvalue weighted by Gasteiger charge is 2.10. The fraction of sp³-hybridized carbons (Fsp3) is 0.150. The molecule has 0 atom stereocenters. The number of aromatic nitrogens is 2. The largest absolute Gasteiger partial charge is 0.348 e. The monoisotopic (exact) mass is 348 g/mol. The number of anilines is 1. The maximum absolute atomic E-state index is 12.5. The predicted molar refractivity (Wildman–Crippen MR) is 100 cm³/mol. The van der Waals surface area contributed by atoms with E-state index in [2.05, 4.69) is 15.6 Å². The maximum Gasteiger partial charge on any atom is 0.251 e. The molecule has 3 rings (SSSR count). The van der Waals surface area contributed by atoms with Gasteiger partial charge in [-0.2, -0.15) is 0 Å². The summed E-state index contributed by atoms with van der Waals surface area (Å²) in [6.45, 7) is 3.71. The third-order valence-corrected chi connectivity index (χ3v) is 4.02. The van der Waals surface area contributed by atoms with Gasteiger partial charge >= 0.3 is 0 Å². The van der Waals surface area contributed by atoms with Crippen molar-refractivity contribution in [2.24, 2.45) is 0 Å². The van der Waals surface area contributed by atoms with Gasteiger partial charge in [-0.25, -0.2) is 4.98 Å². The van der Waals surface area contributed by atoms with Crippen LogP contribution in [0, 0.1) is 6.92 Å². The van der Waals surface area contributed by atoms with Gasteiger partial charge < -0.3 is 15.2 Å². The molecule has 3 aromatic rings. The Labute approximate surface area is 151 Å². The second kappa shape index (κ2) is 7.65. The normalized spacial score (nSPS) is 10.4. The number of imidazole rings is 1. The number of nitrogens with zero attached hydrogens (tertiary/aromatic N) is 2. The molecule has 2 N–H and O–H groups in total. The number of hydrogen-bond donors (Lipinski definition) is 2. The SMILES string of the molecule is CC(=O)Nc1cc(C(=O)NCc2ccccc2-n2ccnc2)ccc1C. The quantitative estimate of drug-likeness (QED) is 0.744. The van der Waals surface area contributed by atoms with E-state index in [9.17, 15) is 9.59 Å². The smallest absolute Gasteiger partial charge is 0.251 e. The number of nitrogens with one attached hydrogen (secondary N) is 2. The first kappa shape index (κ1) is 17.4. The minimum atomic E-state index is -0.197. The zero-order valence-corrected chi connectivity index (χ0v) is 14.7. The second-order valence-electron chi connectivity index (χ2n) is 5.99. The zero-order valence-electron chi connectivity index (χ0n) is 14.7. The average molecular weight is 348 g/mol. The van der Waals surface area contributed by atoms with Crippen molar-refractivity contribution >= 4 is 17.5 Å². The summed E-state index contributed by atoms with van der Waals surface area (Å²) in [6.07, 6.45) is 5.30. The summed E-state index contributed by atoms with van der Waals surface area (Å²) in [7, 11) is 0. The molecule has 0 spiro atoms. The fourth-order valence-corrected chi connectivity index (χ4v) is 2.68. The van der Waals surface area contributed by atoms with Gasteiger partial charge in [0.25, 0.3) is 5.91 Å². The van der Waals surface area contributed by atoms with Crippen molar-refractivity contribution in [3.8, 4) is 5.69 Å². The third-order valence-electron chi connectivity index (χ3n) is 4.02. The Kier molecular flexibility index (Phi) is 5.12. The first-order chi connectivity index (χ1) is 12.5. The van der Waals surface area contributed by atoms with Crippen molar-refractivity contribution in [2.75, 3.05) is 5.32 Å². The van der Waals surface area contributed by atoms with Crippen LogP contribution in [-0.4, -0.2) is 21.4 Å². The number of para-hydroxylation sites is 1. The number of carbonyl (C=O) groups is 2. The highest BCUT2D eigenvalue weighted by atomic mass is 16.2. The van der Waals surface area contributed by atoms with Gasteiger partial charge in [-0.05, 0) is 36.2 Å². The molecule has 0 fully saturated rings. The molecule has 0 aliphatic carbocycles. The maximum atomic E-state index is 12.5. The summed E-state index contributed by atoms with van der Waals surface area (Å²) in [6, 6.07) is 13.1. The molecule has 1 heterocycles. The van der Waals surface area contributed by atoms with E-state index in [1.165, 1.54) is 6.92 Å². The average Bonchev–Trinajstić information content (AvgIpc) is 3.16. The van der Waals surface area contributed by atoms with Crippen LogP contribution in [0.3, 0.4) is 0 Å². The Balaban J connectivity index is 1.75. The lowest BCUT2D eigenvalue weighted by Crippen LogP contribution is -2.23. The van der Waals surface area contributed by atoms with Crippen molar-refractivity contribution < 1.29 is 9.59 Å². The molecule has 2 amide bonds. The standard InChI is InChI=1S/C20H20N4O2/c1-14-7-8-16(11-18(14)23-15(2)25)20(26)22-12-17-5-3-4-6-19(17)24-10-9-21-13-24/h3-11,13H,12H2,1-2H3,(H,22,26)(H,23,25). The Morgan fingerprint density at radius 3 is 2.69 bits per heavy atom. The lowest BCUT2D eigenvalue weighted by molar-refractivity contribution is -0.114. The van der Waals surface area contributed by atoms with Gasteiger partial charge in [0.2, 0.25) is 5.91 Å². The minimum absolute atomic E-state index is 0.167. The van der Waals surface area contributed by atoms with Crippen molar-refractivity contribution in [2.45, 2.75) is 20.4 Å². The van der Waals surface area contributed by atoms with Gasteiger partial charge in [0, 0.05) is 37.1 Å². The molecule has 0 unspecified atom stereocenters. The number of benzene rings is 2. The first-order valence-electron chi connectivity index (χ1n) is 8.27. The summed E-state index contributed by atoms with van der Waals surface area (Å²) in [5, 5.41) is 5.67. The molecule has 0 aliphatic rings. The van der Waals surface area contributed by atoms with E-state index in [-0.39, 0.29) is 11.8 Å². The van der Waals surface area contributed by atoms with Crippen LogP contribution in [0.25, 0.3) is 5.69 Å². The van der Waals surface area contributed by atoms with Gasteiger partial charge in [-0.3, -0.25) is 9.59 Å². The Morgan fingerprint density at radius 2 is 1.96 bits per heavy atom. The van der Waals surface area contributed by atoms with E-state index >= 15 is 0 Å². The molecule has 0 aliphatic heterocycles. The summed E-state index contributed by atoms with van der Waals surface area (Å²) in [4.78, 5) is 27.9. The summed E-state index contributed by atoms with van der Waals surface area (Å²) in [5.74, 6) is -0.364. The van der Waals surface area contributed by atoms with Crippen LogP contribution < -0.4 is 10.6 Å². The topological polar surface area (TPSA) is 76.0 Å². The summed E-state index contributed by atoms with van der Waals surface area (Å²) in [5.41, 5.74) is 3.99. The lowest BCUT2D eigenvalue weighted by atomic mass is 10.1. The van der Waals surface area contributed by atoms with Crippen LogP contribution in [0.2, 0.25) is 0 Å². The Hall–Kier alpha value is -3.41. The molecule has 0 saturated carbocycles. The fourth-order valence-electron chi connectivity index (χ4n) is 2.68. The summed E-state index contributed by atoms with van der Waals surface area (Å²) < 4.78 is 1.91. The molecule has 26 heavy (non-hydrogen) atoms. The van der Waals surface area contributed by atoms with Crippen LogP contribution in [0.5, 0.6) is 0 Å². The van der Waals surface area contributed by atoms with E-state index in [1.807, 2.05) is 48.0 Å². The van der Waals surface area contributed by atoms with Crippen molar-refractivity contribution in [1.82, 2.24) is 14.9 Å². The molecular formula is C20H20N4O2. The number of hydrogen-bond acceptors (Lipinski definition) is 3. The molecular weight excluding hydrogens is 328 g/mol. The Bertz CT molecular complexity index is 933. The van der Waals surface area contributed by atoms with Crippen LogP contribution in [0.4, 0.5) is 5.69 Å². The van der Waals surface area contributed by atoms with E-state index in [0.29, 0.717) is 17.8 Å². The van der Waals surface area contributed by atoms with Crippen molar-refractivity contribution in [3.63, 3.8) is 0 Å². The molecule has 0 bridgehead atoms. The van der Waals surface area contributed by atoms with Crippen LogP contribution in [0.15, 0.2) is 61.2 Å². The van der Waals surface area contributed by atoms with Gasteiger partial charge in [-0.1, -0.05) is 24.3 Å². The lowest BCUT2D eigenvalue weighted by Gasteiger charge is -2.12. The number of carbonyl (C=O) groups excluding carboxylic acids is 2. The molecule has 6 nitrogen and oxygen atoms in total. The molecule has 132 valence electrons. The highest BCUT2D eigenvalue weighted by Crippen LogP contribution is 2.18. The molecule has 6 heteroatoms. The van der Waals surface area contributed by atoms with E-state index in [0.717, 1.165) is 16.8 Å². The minimum Gasteiger partial charge on any atom is -0.348 e. The number of aryl methyl sites for hydroxylation is 1. The van der Waals surface area contributed by atoms with Gasteiger partial charge in [0.1, 0.15) is 0 Å². The third kappa shape index (κ3) is 3.97. The van der Waals surface area contributed by atoms with Gasteiger partial charge in [0.05, 0.1) is 12.0 Å². The van der Waals surface area contributed by atoms with E-state index in [1.54, 1.807) is 24.7 Å². The Morgan fingerprint density at radius 1 is 1.15 bits per heavy atom. The van der Waals surface area contributed by atoms with Gasteiger partial charge in [0.15, 0.2) is 0 Å². The van der Waals surface area contributed by atoms with E-state index < -0.39 is 0 Å². The van der Waals surface area contributed by atoms with Crippen molar-refractivity contribution in [1.29, 1.82) is 0 Å². The van der Waals surface area contributed by atoms with Crippen LogP contribution in [0.1, 0.15) is 28.4 Å². The first-order valence-corrected chi connectivity index (χ1v) is 8.27. The van der Waals surface area contributed by atoms with Crippen molar-refractivity contribution in [3.05, 3.63) is 77.9 Å².